The second-order valence-electron chi connectivity index (χ2n) is 20.2. The third kappa shape index (κ3) is 20.2. The summed E-state index contributed by atoms with van der Waals surface area (Å²) in [6.45, 7) is 17.1. The van der Waals surface area contributed by atoms with Crippen LogP contribution in [-0.4, -0.2) is 39.6 Å². The van der Waals surface area contributed by atoms with Crippen molar-refractivity contribution in [2.24, 2.45) is 0 Å². The predicted octanol–water partition coefficient (Wildman–Crippen LogP) is 20.7. The number of hydrogen-bond acceptors (Lipinski definition) is 6. The van der Waals surface area contributed by atoms with Crippen LogP contribution in [0.5, 0.6) is 34.5 Å². The van der Waals surface area contributed by atoms with Crippen molar-refractivity contribution in [3.63, 3.8) is 0 Å². The Morgan fingerprint density at radius 2 is 0.295 bits per heavy atom. The van der Waals surface area contributed by atoms with Crippen molar-refractivity contribution in [1.82, 2.24) is 0 Å². The second-order valence-corrected chi connectivity index (χ2v) is 20.2. The maximum atomic E-state index is 6.37. The van der Waals surface area contributed by atoms with Crippen molar-refractivity contribution in [1.29, 1.82) is 0 Å². The van der Waals surface area contributed by atoms with Gasteiger partial charge in [0.1, 0.15) is 34.5 Å². The standard InChI is InChI=1S/C72H84O6/c1-7-13-31-73-67-43-55-19-21-57-38-59(47-68(45-57)74-32-14-8-2)23-25-61-40-63(51-70(49-61)76-34-16-10-4)27-29-65-42-66(54-72(53-65)78-36-18-12-6)30-28-64-41-62(50-71(52-64)77-35-17-11-5)26-24-60-39-58(22-20-56(37-55)44-67)46-69(48-60)75-33-15-9-3/h19-30,37-54H,7-18,31-36H2,1-6H3. The van der Waals surface area contributed by atoms with E-state index in [0.29, 0.717) is 39.6 Å². The molecule has 6 nitrogen and oxygen atoms in total. The summed E-state index contributed by atoms with van der Waals surface area (Å²) in [5, 5.41) is 12.5. The summed E-state index contributed by atoms with van der Waals surface area (Å²) >= 11 is 0. The van der Waals surface area contributed by atoms with Crippen LogP contribution in [0.25, 0.3) is 64.6 Å². The van der Waals surface area contributed by atoms with Crippen LogP contribution in [0.4, 0.5) is 0 Å². The summed E-state index contributed by atoms with van der Waals surface area (Å²) in [6, 6.07) is 64.9. The molecule has 12 bridgehead atoms. The monoisotopic (exact) mass is 1040 g/mol. The van der Waals surface area contributed by atoms with E-state index < -0.39 is 0 Å². The summed E-state index contributed by atoms with van der Waals surface area (Å²) in [5.74, 6) is 5.06. The first-order valence-corrected chi connectivity index (χ1v) is 29.1. The van der Waals surface area contributed by atoms with Gasteiger partial charge < -0.3 is 28.4 Å². The SMILES string of the molecule is CCCCOc1cc2ccc3cc(OCCCC)cc(ccc4cc(OCCCC)cc(ccc5cc(OCCCC)cc(ccc6cc(OCCCC)cc(ccc7cc(OCCCC)cc(ccc(c1)c2)c7)c6)c5)c4)c3. The van der Waals surface area contributed by atoms with Crippen LogP contribution in [0.3, 0.4) is 0 Å². The highest BCUT2D eigenvalue weighted by Crippen LogP contribution is 2.27. The lowest BCUT2D eigenvalue weighted by molar-refractivity contribution is 0.310. The van der Waals surface area contributed by atoms with E-state index in [0.717, 1.165) is 176 Å². The molecule has 7 aromatic carbocycles. The largest absolute Gasteiger partial charge is 0.494 e. The molecule has 0 aliphatic heterocycles. The minimum atomic E-state index is 0.659. The molecule has 0 heterocycles. The van der Waals surface area contributed by atoms with E-state index in [1.54, 1.807) is 0 Å². The fourth-order valence-electron chi connectivity index (χ4n) is 8.69. The Hall–Kier alpha value is -7.44. The van der Waals surface area contributed by atoms with Crippen molar-refractivity contribution in [3.05, 3.63) is 182 Å². The van der Waals surface area contributed by atoms with Gasteiger partial charge in [0.15, 0.2) is 0 Å². The summed E-state index contributed by atoms with van der Waals surface area (Å²) in [4.78, 5) is 0. The molecule has 408 valence electrons. The van der Waals surface area contributed by atoms with Crippen LogP contribution in [-0.2, 0) is 0 Å². The molecule has 0 aliphatic carbocycles. The molecular formula is C72H84O6. The second kappa shape index (κ2) is 32.3. The maximum Gasteiger partial charge on any atom is 0.120 e. The summed E-state index contributed by atoms with van der Waals surface area (Å²) in [7, 11) is 0. The van der Waals surface area contributed by atoms with Crippen LogP contribution in [0.15, 0.2) is 182 Å². The van der Waals surface area contributed by atoms with E-state index >= 15 is 0 Å². The summed E-state index contributed by atoms with van der Waals surface area (Å²) in [6.07, 6.45) is 12.3. The summed E-state index contributed by atoms with van der Waals surface area (Å²) in [5.41, 5.74) is 0. The molecular weight excluding hydrogens is 961 g/mol. The summed E-state index contributed by atoms with van der Waals surface area (Å²) < 4.78 is 38.2. The first kappa shape index (κ1) is 58.2. The molecule has 0 spiro atoms. The normalized spacial score (nSPS) is 10.8. The third-order valence-corrected chi connectivity index (χ3v) is 13.1. The average molecular weight is 1050 g/mol. The number of hydrogen-bond donors (Lipinski definition) is 0. The highest BCUT2D eigenvalue weighted by atomic mass is 16.5. The van der Waals surface area contributed by atoms with E-state index in [1.165, 1.54) is 0 Å². The molecule has 0 radical (unpaired) electrons. The lowest BCUT2D eigenvalue weighted by Gasteiger charge is -2.07. The fraction of sp³-hybridized carbons (Fsp3) is 0.333. The van der Waals surface area contributed by atoms with Gasteiger partial charge in [-0.25, -0.2) is 0 Å². The van der Waals surface area contributed by atoms with Crippen molar-refractivity contribution >= 4 is 64.6 Å². The van der Waals surface area contributed by atoms with Gasteiger partial charge in [0.25, 0.3) is 0 Å². The van der Waals surface area contributed by atoms with E-state index in [9.17, 15) is 0 Å². The lowest BCUT2D eigenvalue weighted by atomic mass is 10.1. The van der Waals surface area contributed by atoms with Crippen LogP contribution >= 0.6 is 0 Å². The molecule has 7 aromatic rings. The number of benzene rings is 6. The topological polar surface area (TPSA) is 55.4 Å². The number of unbranched alkanes of at least 4 members (excludes halogenated alkanes) is 6. The highest BCUT2D eigenvalue weighted by Gasteiger charge is 2.03. The zero-order valence-electron chi connectivity index (χ0n) is 47.5. The molecule has 0 fully saturated rings. The van der Waals surface area contributed by atoms with Gasteiger partial charge in [-0.3, -0.25) is 0 Å². The van der Waals surface area contributed by atoms with Crippen LogP contribution in [0, 0.1) is 0 Å². The Bertz CT molecular complexity index is 2610. The maximum absolute atomic E-state index is 6.37. The Morgan fingerprint density at radius 3 is 0.397 bits per heavy atom. The molecule has 0 amide bonds. The average Bonchev–Trinajstić information content (AvgIpc) is 3.46. The smallest absolute Gasteiger partial charge is 0.120 e. The van der Waals surface area contributed by atoms with Gasteiger partial charge >= 0.3 is 0 Å². The molecule has 0 aromatic heterocycles. The molecule has 0 atom stereocenters. The molecule has 0 aliphatic rings. The number of fused-ring (bicyclic) bond motifs is 12. The minimum absolute atomic E-state index is 0.659. The van der Waals surface area contributed by atoms with E-state index in [1.807, 2.05) is 0 Å². The first-order valence-electron chi connectivity index (χ1n) is 29.1. The van der Waals surface area contributed by atoms with Gasteiger partial charge in [-0.05, 0) is 212 Å². The van der Waals surface area contributed by atoms with Gasteiger partial charge in [0.05, 0.1) is 39.6 Å². The van der Waals surface area contributed by atoms with Gasteiger partial charge in [-0.15, -0.1) is 0 Å². The molecule has 0 saturated carbocycles. The van der Waals surface area contributed by atoms with Gasteiger partial charge in [0.2, 0.25) is 0 Å². The van der Waals surface area contributed by atoms with Crippen molar-refractivity contribution < 1.29 is 28.4 Å². The number of rotatable bonds is 24. The van der Waals surface area contributed by atoms with Crippen molar-refractivity contribution in [3.8, 4) is 34.5 Å². The van der Waals surface area contributed by atoms with E-state index in [4.69, 9.17) is 28.4 Å². The van der Waals surface area contributed by atoms with E-state index in [2.05, 4.69) is 224 Å². The lowest BCUT2D eigenvalue weighted by Crippen LogP contribution is -1.96. The van der Waals surface area contributed by atoms with Gasteiger partial charge in [0, 0.05) is 0 Å². The Kier molecular flexibility index (Phi) is 24.1. The Morgan fingerprint density at radius 1 is 0.179 bits per heavy atom. The Balaban J connectivity index is 1.52. The number of ether oxygens (including phenoxy) is 6. The van der Waals surface area contributed by atoms with Crippen LogP contribution in [0.1, 0.15) is 119 Å². The molecule has 7 rings (SSSR count). The molecule has 0 saturated heterocycles. The molecule has 0 N–H and O–H groups in total. The van der Waals surface area contributed by atoms with Gasteiger partial charge in [-0.2, -0.15) is 0 Å². The van der Waals surface area contributed by atoms with Crippen molar-refractivity contribution in [2.45, 2.75) is 119 Å². The third-order valence-electron chi connectivity index (χ3n) is 13.1. The molecule has 0 unspecified atom stereocenters. The van der Waals surface area contributed by atoms with Crippen LogP contribution < -0.4 is 28.4 Å². The minimum Gasteiger partial charge on any atom is -0.494 e. The fourth-order valence-corrected chi connectivity index (χ4v) is 8.69. The quantitative estimate of drug-likeness (QED) is 0.0562. The Labute approximate surface area is 465 Å². The molecule has 78 heavy (non-hydrogen) atoms. The van der Waals surface area contributed by atoms with Crippen molar-refractivity contribution in [2.75, 3.05) is 39.6 Å². The first-order chi connectivity index (χ1) is 38.3. The highest BCUT2D eigenvalue weighted by molar-refractivity contribution is 5.79. The predicted molar refractivity (Wildman–Crippen MR) is 333 cm³/mol. The van der Waals surface area contributed by atoms with Gasteiger partial charge in [-0.1, -0.05) is 153 Å². The van der Waals surface area contributed by atoms with E-state index in [-0.39, 0.29) is 0 Å². The van der Waals surface area contributed by atoms with Crippen LogP contribution in [0.2, 0.25) is 0 Å². The molecule has 6 heteroatoms. The zero-order valence-corrected chi connectivity index (χ0v) is 47.5. The zero-order chi connectivity index (χ0) is 54.6.